The minimum absolute atomic E-state index is 0.0523. The van der Waals surface area contributed by atoms with E-state index in [9.17, 15) is 13.2 Å². The van der Waals surface area contributed by atoms with Gasteiger partial charge in [-0.1, -0.05) is 46.3 Å². The van der Waals surface area contributed by atoms with E-state index in [1.165, 1.54) is 12.5 Å². The lowest BCUT2D eigenvalue weighted by Gasteiger charge is -2.34. The largest absolute Gasteiger partial charge is 0.308 e. The molecule has 2 aliphatic rings. The van der Waals surface area contributed by atoms with Crippen LogP contribution < -0.4 is 4.90 Å². The molecule has 0 bridgehead atoms. The van der Waals surface area contributed by atoms with Gasteiger partial charge in [0.1, 0.15) is 4.90 Å². The Morgan fingerprint density at radius 3 is 2.40 bits per heavy atom. The van der Waals surface area contributed by atoms with Crippen molar-refractivity contribution >= 4 is 37.5 Å². The minimum Gasteiger partial charge on any atom is -0.308 e. The number of nitrogens with zero attached hydrogens (tertiary/aromatic N) is 3. The zero-order chi connectivity index (χ0) is 21.5. The van der Waals surface area contributed by atoms with Gasteiger partial charge in [-0.25, -0.2) is 8.42 Å². The fourth-order valence-corrected chi connectivity index (χ4v) is 6.79. The molecular weight excluding hydrogens is 466 g/mol. The molecule has 0 N–H and O–H groups in total. The highest BCUT2D eigenvalue weighted by Crippen LogP contribution is 2.41. The Morgan fingerprint density at radius 1 is 1.10 bits per heavy atom. The number of sulfonamides is 1. The quantitative estimate of drug-likeness (QED) is 0.658. The van der Waals surface area contributed by atoms with Crippen LogP contribution >= 0.6 is 15.9 Å². The third-order valence-corrected chi connectivity index (χ3v) is 8.22. The molecule has 160 valence electrons. The normalized spacial score (nSPS) is 20.4. The number of carbonyl (C=O) groups excluding carboxylic acids is 1. The molecule has 30 heavy (non-hydrogen) atoms. The molecule has 1 atom stereocenters. The van der Waals surface area contributed by atoms with Gasteiger partial charge in [-0.15, -0.1) is 0 Å². The lowest BCUT2D eigenvalue weighted by Crippen LogP contribution is -2.48. The third-order valence-electron chi connectivity index (χ3n) is 5.85. The van der Waals surface area contributed by atoms with Gasteiger partial charge in [0.25, 0.3) is 0 Å². The first kappa shape index (κ1) is 21.5. The van der Waals surface area contributed by atoms with E-state index in [0.717, 1.165) is 16.6 Å². The Kier molecular flexibility index (Phi) is 6.03. The van der Waals surface area contributed by atoms with Crippen LogP contribution in [0.25, 0.3) is 0 Å². The maximum atomic E-state index is 13.6. The molecule has 0 aromatic heterocycles. The molecule has 8 heteroatoms. The predicted molar refractivity (Wildman–Crippen MR) is 121 cm³/mol. The molecule has 6 nitrogen and oxygen atoms in total. The van der Waals surface area contributed by atoms with Crippen molar-refractivity contribution < 1.29 is 13.2 Å². The van der Waals surface area contributed by atoms with Gasteiger partial charge in [0.15, 0.2) is 0 Å². The van der Waals surface area contributed by atoms with Crippen molar-refractivity contribution in [3.63, 3.8) is 0 Å². The van der Waals surface area contributed by atoms with E-state index in [1.807, 2.05) is 31.2 Å². The monoisotopic (exact) mass is 491 g/mol. The molecule has 2 heterocycles. The minimum atomic E-state index is -3.71. The van der Waals surface area contributed by atoms with Crippen LogP contribution in [0.3, 0.4) is 0 Å². The summed E-state index contributed by atoms with van der Waals surface area (Å²) in [5.74, 6) is -0.132. The molecule has 1 fully saturated rings. The number of piperazine rings is 1. The van der Waals surface area contributed by atoms with Gasteiger partial charge in [-0.3, -0.25) is 9.69 Å². The van der Waals surface area contributed by atoms with Gasteiger partial charge in [-0.05, 0) is 36.6 Å². The average molecular weight is 492 g/mol. The van der Waals surface area contributed by atoms with E-state index in [4.69, 9.17) is 0 Å². The van der Waals surface area contributed by atoms with Crippen LogP contribution in [0.4, 0.5) is 5.69 Å². The molecule has 0 unspecified atom stereocenters. The Balaban J connectivity index is 1.58. The van der Waals surface area contributed by atoms with E-state index in [-0.39, 0.29) is 16.8 Å². The summed E-state index contributed by atoms with van der Waals surface area (Å²) in [5.41, 5.74) is 2.67. The summed E-state index contributed by atoms with van der Waals surface area (Å²) < 4.78 is 29.5. The van der Waals surface area contributed by atoms with Crippen molar-refractivity contribution in [1.29, 1.82) is 0 Å². The van der Waals surface area contributed by atoms with E-state index in [0.29, 0.717) is 38.3 Å². The highest BCUT2D eigenvalue weighted by Gasteiger charge is 2.38. The maximum Gasteiger partial charge on any atom is 0.245 e. The van der Waals surface area contributed by atoms with Crippen LogP contribution in [0.1, 0.15) is 25.0 Å². The molecule has 0 radical (unpaired) electrons. The highest BCUT2D eigenvalue weighted by molar-refractivity contribution is 9.10. The number of halogens is 1. The highest BCUT2D eigenvalue weighted by atomic mass is 79.9. The lowest BCUT2D eigenvalue weighted by atomic mass is 10.1. The maximum absolute atomic E-state index is 13.6. The van der Waals surface area contributed by atoms with Crippen LogP contribution in [0.5, 0.6) is 0 Å². The summed E-state index contributed by atoms with van der Waals surface area (Å²) >= 11 is 3.46. The van der Waals surface area contributed by atoms with Crippen LogP contribution in [0.2, 0.25) is 0 Å². The second-order valence-corrected chi connectivity index (χ2v) is 10.8. The summed E-state index contributed by atoms with van der Waals surface area (Å²) in [5, 5.41) is 0. The summed E-state index contributed by atoms with van der Waals surface area (Å²) in [4.78, 5) is 16.4. The van der Waals surface area contributed by atoms with Crippen LogP contribution in [0, 0.1) is 0 Å². The number of hydrogen-bond donors (Lipinski definition) is 0. The molecule has 0 aliphatic carbocycles. The van der Waals surface area contributed by atoms with Crippen molar-refractivity contribution in [3.8, 4) is 0 Å². The van der Waals surface area contributed by atoms with E-state index in [2.05, 4.69) is 33.0 Å². The number of hydrogen-bond acceptors (Lipinski definition) is 4. The predicted octanol–water partition coefficient (Wildman–Crippen LogP) is 3.25. The van der Waals surface area contributed by atoms with Crippen molar-refractivity contribution in [2.24, 2.45) is 0 Å². The van der Waals surface area contributed by atoms with Gasteiger partial charge in [0, 0.05) is 50.2 Å². The van der Waals surface area contributed by atoms with Crippen molar-refractivity contribution in [2.45, 2.75) is 37.8 Å². The summed E-state index contributed by atoms with van der Waals surface area (Å²) in [6.07, 6.45) is 0.654. The Hall–Kier alpha value is -1.74. The van der Waals surface area contributed by atoms with E-state index < -0.39 is 10.0 Å². The number of carbonyl (C=O) groups is 1. The molecule has 0 spiro atoms. The van der Waals surface area contributed by atoms with E-state index >= 15 is 0 Å². The van der Waals surface area contributed by atoms with E-state index in [1.54, 1.807) is 15.3 Å². The zero-order valence-electron chi connectivity index (χ0n) is 17.2. The molecule has 1 amide bonds. The molecule has 2 aromatic carbocycles. The first-order chi connectivity index (χ1) is 14.3. The summed E-state index contributed by atoms with van der Waals surface area (Å²) in [7, 11) is -3.71. The SMILES string of the molecule is CC(=O)N1c2c(cc(Br)cc2S(=O)(=O)N2CCN(Cc3ccccc3)CC2)C[C@@H]1C. The Bertz CT molecular complexity index is 1050. The standard InChI is InChI=1S/C22H26BrN3O3S/c1-16-12-19-13-20(23)14-21(22(19)26(16)17(2)27)30(28,29)25-10-8-24(9-11-25)15-18-6-4-3-5-7-18/h3-7,13-14,16H,8-12,15H2,1-2H3/t16-/m0/s1. The second-order valence-electron chi connectivity index (χ2n) is 8.02. The van der Waals surface area contributed by atoms with Crippen LogP contribution in [-0.4, -0.2) is 55.8 Å². The first-order valence-electron chi connectivity index (χ1n) is 10.2. The Labute approximate surface area is 186 Å². The molecular formula is C22H26BrN3O3S. The van der Waals surface area contributed by atoms with Crippen molar-refractivity contribution in [2.75, 3.05) is 31.1 Å². The third kappa shape index (κ3) is 4.06. The summed E-state index contributed by atoms with van der Waals surface area (Å²) in [6, 6.07) is 13.7. The van der Waals surface area contributed by atoms with Gasteiger partial charge in [0.2, 0.25) is 15.9 Å². The smallest absolute Gasteiger partial charge is 0.245 e. The van der Waals surface area contributed by atoms with Crippen molar-refractivity contribution in [1.82, 2.24) is 9.21 Å². The molecule has 2 aliphatic heterocycles. The fraction of sp³-hybridized carbons (Fsp3) is 0.409. The van der Waals surface area contributed by atoms with Crippen LogP contribution in [0.15, 0.2) is 51.8 Å². The second kappa shape index (κ2) is 8.42. The number of benzene rings is 2. The van der Waals surface area contributed by atoms with Gasteiger partial charge >= 0.3 is 0 Å². The van der Waals surface area contributed by atoms with Gasteiger partial charge < -0.3 is 4.90 Å². The first-order valence-corrected chi connectivity index (χ1v) is 12.4. The van der Waals surface area contributed by atoms with Crippen LogP contribution in [-0.2, 0) is 27.8 Å². The average Bonchev–Trinajstić information content (AvgIpc) is 3.04. The number of amides is 1. The number of rotatable bonds is 4. The number of fused-ring (bicyclic) bond motifs is 1. The zero-order valence-corrected chi connectivity index (χ0v) is 19.6. The molecule has 4 rings (SSSR count). The fourth-order valence-electron chi connectivity index (χ4n) is 4.46. The lowest BCUT2D eigenvalue weighted by molar-refractivity contribution is -0.116. The molecule has 1 saturated heterocycles. The molecule has 2 aromatic rings. The van der Waals surface area contributed by atoms with Gasteiger partial charge in [-0.2, -0.15) is 4.31 Å². The summed E-state index contributed by atoms with van der Waals surface area (Å²) in [6.45, 7) is 6.49. The number of anilines is 1. The van der Waals surface area contributed by atoms with Gasteiger partial charge in [0.05, 0.1) is 5.69 Å². The molecule has 0 saturated carbocycles. The Morgan fingerprint density at radius 2 is 1.77 bits per heavy atom. The van der Waals surface area contributed by atoms with Crippen molar-refractivity contribution in [3.05, 3.63) is 58.1 Å². The topological polar surface area (TPSA) is 60.9 Å².